The Morgan fingerprint density at radius 1 is 1.38 bits per heavy atom. The predicted octanol–water partition coefficient (Wildman–Crippen LogP) is 3.76. The van der Waals surface area contributed by atoms with E-state index in [9.17, 15) is 4.79 Å². The van der Waals surface area contributed by atoms with Gasteiger partial charge in [-0.1, -0.05) is 13.3 Å². The average molecular weight is 305 g/mol. The van der Waals surface area contributed by atoms with E-state index in [1.807, 2.05) is 31.7 Å². The molecule has 2 rings (SSSR count). The van der Waals surface area contributed by atoms with Crippen molar-refractivity contribution in [2.45, 2.75) is 40.5 Å². The molecule has 0 spiro atoms. The summed E-state index contributed by atoms with van der Waals surface area (Å²) in [5.74, 6) is 0.0310. The lowest BCUT2D eigenvalue weighted by molar-refractivity contribution is 0.0768. The van der Waals surface area contributed by atoms with Gasteiger partial charge in [0.25, 0.3) is 5.91 Å². The second-order valence-corrected chi connectivity index (χ2v) is 6.34. The van der Waals surface area contributed by atoms with E-state index in [-0.39, 0.29) is 5.91 Å². The van der Waals surface area contributed by atoms with E-state index in [0.29, 0.717) is 17.1 Å². The standard InChI is InChI=1S/C16H23N3OS/c1-5-7-8-19(6-2)16(20)14-13(17)12-10(3)9-11(4)18-15(12)21-14/h9H,5-8,17H2,1-4H3. The molecule has 0 aliphatic carbocycles. The summed E-state index contributed by atoms with van der Waals surface area (Å²) in [5, 5.41) is 0.931. The highest BCUT2D eigenvalue weighted by Gasteiger charge is 2.22. The molecule has 2 heterocycles. The van der Waals surface area contributed by atoms with E-state index >= 15 is 0 Å². The van der Waals surface area contributed by atoms with E-state index in [4.69, 9.17) is 5.73 Å². The predicted molar refractivity (Wildman–Crippen MR) is 90.0 cm³/mol. The number of carbonyl (C=O) groups excluding carboxylic acids is 1. The van der Waals surface area contributed by atoms with Crippen LogP contribution in [0.2, 0.25) is 0 Å². The Labute approximate surface area is 130 Å². The second-order valence-electron chi connectivity index (χ2n) is 5.34. The van der Waals surface area contributed by atoms with Gasteiger partial charge in [-0.05, 0) is 38.8 Å². The number of unbranched alkanes of at least 4 members (excludes halogenated alkanes) is 1. The van der Waals surface area contributed by atoms with E-state index in [2.05, 4.69) is 11.9 Å². The molecule has 2 aromatic rings. The van der Waals surface area contributed by atoms with Crippen molar-refractivity contribution in [1.29, 1.82) is 0 Å². The Bertz CT molecular complexity index is 663. The van der Waals surface area contributed by atoms with Crippen molar-refractivity contribution in [2.24, 2.45) is 0 Å². The topological polar surface area (TPSA) is 59.2 Å². The van der Waals surface area contributed by atoms with Gasteiger partial charge in [0.05, 0.1) is 5.69 Å². The highest BCUT2D eigenvalue weighted by atomic mass is 32.1. The normalized spacial score (nSPS) is 11.0. The zero-order valence-corrected chi connectivity index (χ0v) is 14.0. The van der Waals surface area contributed by atoms with Crippen molar-refractivity contribution in [2.75, 3.05) is 18.8 Å². The Morgan fingerprint density at radius 2 is 2.10 bits per heavy atom. The highest BCUT2D eigenvalue weighted by Crippen LogP contribution is 2.35. The molecule has 0 atom stereocenters. The number of carbonyl (C=O) groups is 1. The third-order valence-corrected chi connectivity index (χ3v) is 4.76. The molecule has 0 saturated carbocycles. The zero-order valence-electron chi connectivity index (χ0n) is 13.2. The molecule has 5 heteroatoms. The minimum atomic E-state index is 0.0310. The smallest absolute Gasteiger partial charge is 0.266 e. The van der Waals surface area contributed by atoms with Gasteiger partial charge in [-0.3, -0.25) is 4.79 Å². The molecule has 0 aromatic carbocycles. The van der Waals surface area contributed by atoms with E-state index in [1.165, 1.54) is 11.3 Å². The maximum absolute atomic E-state index is 12.7. The lowest BCUT2D eigenvalue weighted by Crippen LogP contribution is -2.31. The van der Waals surface area contributed by atoms with Crippen LogP contribution in [0.5, 0.6) is 0 Å². The number of nitrogen functional groups attached to an aromatic ring is 1. The summed E-state index contributed by atoms with van der Waals surface area (Å²) in [6.45, 7) is 9.60. The fourth-order valence-electron chi connectivity index (χ4n) is 2.52. The first-order valence-corrected chi connectivity index (χ1v) is 8.26. The first kappa shape index (κ1) is 15.8. The molecule has 0 unspecified atom stereocenters. The molecule has 2 aromatic heterocycles. The van der Waals surface area contributed by atoms with Gasteiger partial charge < -0.3 is 10.6 Å². The minimum absolute atomic E-state index is 0.0310. The molecular formula is C16H23N3OS. The number of pyridine rings is 1. The molecular weight excluding hydrogens is 282 g/mol. The second kappa shape index (κ2) is 6.43. The Morgan fingerprint density at radius 3 is 2.71 bits per heavy atom. The van der Waals surface area contributed by atoms with Crippen LogP contribution in [-0.2, 0) is 0 Å². The first-order chi connectivity index (χ1) is 9.99. The SMILES string of the molecule is CCCCN(CC)C(=O)c1sc2nc(C)cc(C)c2c1N. The fourth-order valence-corrected chi connectivity index (χ4v) is 3.71. The van der Waals surface area contributed by atoms with Crippen molar-refractivity contribution in [3.8, 4) is 0 Å². The van der Waals surface area contributed by atoms with Crippen LogP contribution >= 0.6 is 11.3 Å². The number of nitrogens with zero attached hydrogens (tertiary/aromatic N) is 2. The maximum Gasteiger partial charge on any atom is 0.266 e. The maximum atomic E-state index is 12.7. The molecule has 0 radical (unpaired) electrons. The number of anilines is 1. The number of aryl methyl sites for hydroxylation is 2. The summed E-state index contributed by atoms with van der Waals surface area (Å²) in [4.78, 5) is 20.6. The molecule has 4 nitrogen and oxygen atoms in total. The third kappa shape index (κ3) is 3.02. The zero-order chi connectivity index (χ0) is 15.6. The molecule has 0 aliphatic heterocycles. The van der Waals surface area contributed by atoms with Gasteiger partial charge in [0.1, 0.15) is 9.71 Å². The van der Waals surface area contributed by atoms with E-state index in [0.717, 1.165) is 40.9 Å². The number of amides is 1. The van der Waals surface area contributed by atoms with Gasteiger partial charge in [-0.15, -0.1) is 11.3 Å². The van der Waals surface area contributed by atoms with Crippen LogP contribution in [0.3, 0.4) is 0 Å². The van der Waals surface area contributed by atoms with Crippen molar-refractivity contribution in [3.63, 3.8) is 0 Å². The third-order valence-electron chi connectivity index (χ3n) is 3.67. The average Bonchev–Trinajstić information content (AvgIpc) is 2.76. The molecule has 1 amide bonds. The molecule has 2 N–H and O–H groups in total. The van der Waals surface area contributed by atoms with Crippen molar-refractivity contribution < 1.29 is 4.79 Å². The summed E-state index contributed by atoms with van der Waals surface area (Å²) >= 11 is 1.41. The summed E-state index contributed by atoms with van der Waals surface area (Å²) in [6, 6.07) is 2.01. The van der Waals surface area contributed by atoms with Gasteiger partial charge in [0.2, 0.25) is 0 Å². The number of hydrogen-bond donors (Lipinski definition) is 1. The Hall–Kier alpha value is -1.62. The highest BCUT2D eigenvalue weighted by molar-refractivity contribution is 7.21. The molecule has 114 valence electrons. The molecule has 0 aliphatic rings. The number of aromatic nitrogens is 1. The summed E-state index contributed by atoms with van der Waals surface area (Å²) < 4.78 is 0. The number of nitrogens with two attached hydrogens (primary N) is 1. The van der Waals surface area contributed by atoms with Gasteiger partial charge in [-0.25, -0.2) is 4.98 Å². The number of rotatable bonds is 5. The summed E-state index contributed by atoms with van der Waals surface area (Å²) in [6.07, 6.45) is 2.09. The summed E-state index contributed by atoms with van der Waals surface area (Å²) in [5.41, 5.74) is 8.86. The largest absolute Gasteiger partial charge is 0.397 e. The van der Waals surface area contributed by atoms with Crippen LogP contribution in [-0.4, -0.2) is 28.9 Å². The lowest BCUT2D eigenvalue weighted by Gasteiger charge is -2.20. The number of thiophene rings is 1. The fraction of sp³-hybridized carbons (Fsp3) is 0.500. The summed E-state index contributed by atoms with van der Waals surface area (Å²) in [7, 11) is 0. The molecule has 0 bridgehead atoms. The van der Waals surface area contributed by atoms with Crippen LogP contribution in [0.4, 0.5) is 5.69 Å². The van der Waals surface area contributed by atoms with Gasteiger partial charge in [-0.2, -0.15) is 0 Å². The van der Waals surface area contributed by atoms with Crippen molar-refractivity contribution >= 4 is 33.1 Å². The van der Waals surface area contributed by atoms with Crippen LogP contribution in [0.15, 0.2) is 6.07 Å². The molecule has 0 saturated heterocycles. The van der Waals surface area contributed by atoms with Gasteiger partial charge in [0.15, 0.2) is 0 Å². The van der Waals surface area contributed by atoms with Gasteiger partial charge in [0, 0.05) is 24.2 Å². The lowest BCUT2D eigenvalue weighted by atomic mass is 10.1. The Balaban J connectivity index is 2.44. The minimum Gasteiger partial charge on any atom is -0.397 e. The quantitative estimate of drug-likeness (QED) is 0.915. The first-order valence-electron chi connectivity index (χ1n) is 7.45. The van der Waals surface area contributed by atoms with E-state index < -0.39 is 0 Å². The van der Waals surface area contributed by atoms with Crippen molar-refractivity contribution in [3.05, 3.63) is 22.2 Å². The van der Waals surface area contributed by atoms with Crippen LogP contribution in [0.1, 0.15) is 47.6 Å². The van der Waals surface area contributed by atoms with Crippen LogP contribution in [0, 0.1) is 13.8 Å². The molecule has 21 heavy (non-hydrogen) atoms. The van der Waals surface area contributed by atoms with Gasteiger partial charge >= 0.3 is 0 Å². The van der Waals surface area contributed by atoms with E-state index in [1.54, 1.807) is 0 Å². The monoisotopic (exact) mass is 305 g/mol. The van der Waals surface area contributed by atoms with Crippen LogP contribution in [0.25, 0.3) is 10.2 Å². The van der Waals surface area contributed by atoms with Crippen LogP contribution < -0.4 is 5.73 Å². The number of hydrogen-bond acceptors (Lipinski definition) is 4. The molecule has 0 fully saturated rings. The van der Waals surface area contributed by atoms with Crippen molar-refractivity contribution in [1.82, 2.24) is 9.88 Å². The Kier molecular flexibility index (Phi) is 4.83. The number of fused-ring (bicyclic) bond motifs is 1.